The van der Waals surface area contributed by atoms with Crippen LogP contribution in [-0.2, 0) is 17.8 Å². The molecule has 2 aliphatic heterocycles. The summed E-state index contributed by atoms with van der Waals surface area (Å²) in [6.07, 6.45) is 2.17. The van der Waals surface area contributed by atoms with Gasteiger partial charge in [-0.2, -0.15) is 5.10 Å². The van der Waals surface area contributed by atoms with Crippen LogP contribution in [0.5, 0.6) is 11.5 Å². The second-order valence-corrected chi connectivity index (χ2v) is 6.42. The summed E-state index contributed by atoms with van der Waals surface area (Å²) in [5.74, 6) is 1.17. The van der Waals surface area contributed by atoms with Crippen LogP contribution in [0.3, 0.4) is 0 Å². The number of fused-ring (bicyclic) bond motifs is 2. The van der Waals surface area contributed by atoms with Crippen LogP contribution in [0.4, 0.5) is 0 Å². The summed E-state index contributed by atoms with van der Waals surface area (Å²) in [5, 5.41) is 4.31. The highest BCUT2D eigenvalue weighted by Gasteiger charge is 2.23. The molecule has 2 aliphatic rings. The Labute approximate surface area is 151 Å². The summed E-state index contributed by atoms with van der Waals surface area (Å²) in [7, 11) is 3.02. The first kappa shape index (κ1) is 16.7. The minimum atomic E-state index is -0.396. The van der Waals surface area contributed by atoms with Crippen molar-refractivity contribution in [3.8, 4) is 11.5 Å². The zero-order valence-corrected chi connectivity index (χ0v) is 14.9. The number of aromatic nitrogens is 2. The lowest BCUT2D eigenvalue weighted by Crippen LogP contribution is -2.36. The molecule has 0 N–H and O–H groups in total. The summed E-state index contributed by atoms with van der Waals surface area (Å²) in [5.41, 5.74) is 3.65. The number of benzene rings is 1. The molecule has 0 bridgehead atoms. The Balaban J connectivity index is 1.48. The highest BCUT2D eigenvalue weighted by atomic mass is 16.5. The minimum Gasteiger partial charge on any atom is -0.493 e. The Kier molecular flexibility index (Phi) is 4.38. The second kappa shape index (κ2) is 6.84. The largest absolute Gasteiger partial charge is 0.493 e. The van der Waals surface area contributed by atoms with Gasteiger partial charge in [0.2, 0.25) is 0 Å². The summed E-state index contributed by atoms with van der Waals surface area (Å²) < 4.78 is 17.9. The number of esters is 1. The summed E-state index contributed by atoms with van der Waals surface area (Å²) in [6, 6.07) is 7.71. The van der Waals surface area contributed by atoms with E-state index in [-0.39, 0.29) is 0 Å². The van der Waals surface area contributed by atoms with Crippen LogP contribution < -0.4 is 9.47 Å². The van der Waals surface area contributed by atoms with Crippen molar-refractivity contribution < 1.29 is 19.0 Å². The number of para-hydroxylation sites is 1. The van der Waals surface area contributed by atoms with E-state index in [9.17, 15) is 4.79 Å². The van der Waals surface area contributed by atoms with Crippen molar-refractivity contribution in [3.05, 3.63) is 46.8 Å². The van der Waals surface area contributed by atoms with Gasteiger partial charge in [-0.3, -0.25) is 9.58 Å². The van der Waals surface area contributed by atoms with E-state index < -0.39 is 5.97 Å². The molecule has 7 nitrogen and oxygen atoms in total. The third-order valence-electron chi connectivity index (χ3n) is 4.69. The molecule has 7 heteroatoms. The summed E-state index contributed by atoms with van der Waals surface area (Å²) >= 11 is 0. The number of hydrogen-bond donors (Lipinski definition) is 0. The van der Waals surface area contributed by atoms with Crippen molar-refractivity contribution >= 4 is 12.0 Å². The van der Waals surface area contributed by atoms with Crippen LogP contribution in [0.1, 0.15) is 21.7 Å². The van der Waals surface area contributed by atoms with Gasteiger partial charge in [0.15, 0.2) is 17.2 Å². The normalized spacial score (nSPS) is 16.2. The van der Waals surface area contributed by atoms with Gasteiger partial charge in [-0.15, -0.1) is 0 Å². The molecule has 0 saturated heterocycles. The lowest BCUT2D eigenvalue weighted by Gasteiger charge is -2.29. The highest BCUT2D eigenvalue weighted by Crippen LogP contribution is 2.35. The van der Waals surface area contributed by atoms with Crippen LogP contribution in [0.2, 0.25) is 0 Å². The van der Waals surface area contributed by atoms with Gasteiger partial charge in [0.25, 0.3) is 0 Å². The first-order valence-electron chi connectivity index (χ1n) is 8.54. The molecule has 0 fully saturated rings. The van der Waals surface area contributed by atoms with Crippen LogP contribution >= 0.6 is 0 Å². The van der Waals surface area contributed by atoms with Crippen molar-refractivity contribution in [3.63, 3.8) is 0 Å². The van der Waals surface area contributed by atoms with Crippen molar-refractivity contribution in [2.75, 3.05) is 33.9 Å². The van der Waals surface area contributed by atoms with E-state index in [2.05, 4.69) is 16.1 Å². The molecule has 0 aliphatic carbocycles. The molecule has 136 valence electrons. The summed E-state index contributed by atoms with van der Waals surface area (Å²) in [6.45, 7) is 3.74. The zero-order chi connectivity index (χ0) is 18.1. The maximum atomic E-state index is 11.7. The molecular formula is C19H21N3O4. The average molecular weight is 355 g/mol. The van der Waals surface area contributed by atoms with Crippen molar-refractivity contribution in [2.24, 2.45) is 0 Å². The van der Waals surface area contributed by atoms with Gasteiger partial charge in [-0.25, -0.2) is 4.79 Å². The Bertz CT molecular complexity index is 872. The number of carbonyl (C=O) groups is 1. The third kappa shape index (κ3) is 3.06. The zero-order valence-electron chi connectivity index (χ0n) is 14.9. The molecule has 0 amide bonds. The van der Waals surface area contributed by atoms with E-state index >= 15 is 0 Å². The number of nitrogens with zero attached hydrogens (tertiary/aromatic N) is 3. The average Bonchev–Trinajstić information content (AvgIpc) is 3.10. The monoisotopic (exact) mass is 355 g/mol. The quantitative estimate of drug-likeness (QED) is 0.782. The van der Waals surface area contributed by atoms with E-state index in [0.717, 1.165) is 48.9 Å². The molecule has 0 radical (unpaired) electrons. The molecule has 26 heavy (non-hydrogen) atoms. The minimum absolute atomic E-state index is 0.366. The van der Waals surface area contributed by atoms with Crippen LogP contribution in [0.25, 0.3) is 6.08 Å². The van der Waals surface area contributed by atoms with Crippen LogP contribution in [-0.4, -0.2) is 54.6 Å². The van der Waals surface area contributed by atoms with Gasteiger partial charge in [0.1, 0.15) is 6.61 Å². The predicted molar refractivity (Wildman–Crippen MR) is 95.3 cm³/mol. The fourth-order valence-corrected chi connectivity index (χ4v) is 3.43. The highest BCUT2D eigenvalue weighted by molar-refractivity contribution is 5.87. The first-order chi connectivity index (χ1) is 12.7. The molecule has 1 aromatic heterocycles. The molecule has 1 aromatic carbocycles. The van der Waals surface area contributed by atoms with Gasteiger partial charge >= 0.3 is 5.97 Å². The van der Waals surface area contributed by atoms with E-state index in [1.165, 1.54) is 12.7 Å². The maximum absolute atomic E-state index is 11.7. The topological polar surface area (TPSA) is 65.8 Å². The van der Waals surface area contributed by atoms with Crippen molar-refractivity contribution in [1.82, 2.24) is 14.7 Å². The molecule has 3 heterocycles. The predicted octanol–water partition coefficient (Wildman–Crippen LogP) is 1.97. The number of ether oxygens (including phenoxy) is 3. The van der Waals surface area contributed by atoms with Gasteiger partial charge in [-0.1, -0.05) is 12.1 Å². The van der Waals surface area contributed by atoms with E-state index in [0.29, 0.717) is 12.3 Å². The fourth-order valence-electron chi connectivity index (χ4n) is 3.43. The van der Waals surface area contributed by atoms with Crippen LogP contribution in [0, 0.1) is 0 Å². The molecule has 0 unspecified atom stereocenters. The van der Waals surface area contributed by atoms with Crippen molar-refractivity contribution in [1.29, 1.82) is 0 Å². The Morgan fingerprint density at radius 3 is 3.00 bits per heavy atom. The molecule has 2 aromatic rings. The Morgan fingerprint density at radius 1 is 1.31 bits per heavy atom. The lowest BCUT2D eigenvalue weighted by molar-refractivity contribution is 0.0593. The van der Waals surface area contributed by atoms with Crippen molar-refractivity contribution in [2.45, 2.75) is 13.1 Å². The first-order valence-corrected chi connectivity index (χ1v) is 8.54. The standard InChI is InChI=1S/C19H21N3O4/c1-24-17-5-3-4-14-8-13(12-26-18(14)17)10-21-6-7-22-15(11-21)9-16(20-22)19(23)25-2/h3-5,8-9H,6-7,10-12H2,1-2H3. The van der Waals surface area contributed by atoms with Gasteiger partial charge in [0, 0.05) is 25.2 Å². The number of carbonyl (C=O) groups excluding carboxylic acids is 1. The second-order valence-electron chi connectivity index (χ2n) is 6.42. The molecule has 0 saturated carbocycles. The third-order valence-corrected chi connectivity index (χ3v) is 4.69. The number of rotatable bonds is 4. The van der Waals surface area contributed by atoms with E-state index in [1.54, 1.807) is 7.11 Å². The molecule has 0 atom stereocenters. The fraction of sp³-hybridized carbons (Fsp3) is 0.368. The Morgan fingerprint density at radius 2 is 2.19 bits per heavy atom. The number of methoxy groups -OCH3 is 2. The molecular weight excluding hydrogens is 334 g/mol. The SMILES string of the molecule is COC(=O)c1cc2n(n1)CCN(CC1=Cc3cccc(OC)c3OC1)C2. The Hall–Kier alpha value is -2.80. The molecule has 0 spiro atoms. The van der Waals surface area contributed by atoms with Crippen LogP contribution in [0.15, 0.2) is 29.8 Å². The maximum Gasteiger partial charge on any atom is 0.358 e. The van der Waals surface area contributed by atoms with E-state index in [4.69, 9.17) is 14.2 Å². The lowest BCUT2D eigenvalue weighted by atomic mass is 10.1. The molecule has 4 rings (SSSR count). The van der Waals surface area contributed by atoms with Gasteiger partial charge in [-0.05, 0) is 23.8 Å². The van der Waals surface area contributed by atoms with E-state index in [1.807, 2.05) is 28.9 Å². The summed E-state index contributed by atoms with van der Waals surface area (Å²) in [4.78, 5) is 14.0. The number of hydrogen-bond acceptors (Lipinski definition) is 6. The smallest absolute Gasteiger partial charge is 0.358 e. The van der Waals surface area contributed by atoms with Gasteiger partial charge < -0.3 is 14.2 Å². The van der Waals surface area contributed by atoms with Gasteiger partial charge in [0.05, 0.1) is 26.5 Å².